The van der Waals surface area contributed by atoms with Crippen LogP contribution in [0.4, 0.5) is 5.69 Å². The number of benzene rings is 2. The SMILES string of the molecule is Nc1c(O)cc(C=O)c2ccccc12. The van der Waals surface area contributed by atoms with Crippen LogP contribution in [-0.4, -0.2) is 11.4 Å². The van der Waals surface area contributed by atoms with Crippen molar-refractivity contribution >= 4 is 22.7 Å². The van der Waals surface area contributed by atoms with Gasteiger partial charge >= 0.3 is 0 Å². The van der Waals surface area contributed by atoms with Gasteiger partial charge in [0.1, 0.15) is 5.75 Å². The number of aldehydes is 1. The van der Waals surface area contributed by atoms with Crippen LogP contribution in [-0.2, 0) is 0 Å². The molecule has 0 aliphatic carbocycles. The highest BCUT2D eigenvalue weighted by Crippen LogP contribution is 2.31. The Morgan fingerprint density at radius 2 is 1.86 bits per heavy atom. The van der Waals surface area contributed by atoms with Crippen molar-refractivity contribution in [3.05, 3.63) is 35.9 Å². The van der Waals surface area contributed by atoms with Crippen molar-refractivity contribution in [3.63, 3.8) is 0 Å². The van der Waals surface area contributed by atoms with E-state index in [-0.39, 0.29) is 5.75 Å². The Labute approximate surface area is 80.8 Å². The Kier molecular flexibility index (Phi) is 1.85. The minimum absolute atomic E-state index is 0.0502. The van der Waals surface area contributed by atoms with E-state index in [1.165, 1.54) is 6.07 Å². The molecule has 70 valence electrons. The average molecular weight is 187 g/mol. The first kappa shape index (κ1) is 8.56. The zero-order valence-corrected chi connectivity index (χ0v) is 7.40. The van der Waals surface area contributed by atoms with Crippen LogP contribution in [0.25, 0.3) is 10.8 Å². The topological polar surface area (TPSA) is 63.3 Å². The summed E-state index contributed by atoms with van der Waals surface area (Å²) in [6, 6.07) is 8.59. The lowest BCUT2D eigenvalue weighted by atomic mass is 10.0. The molecule has 3 nitrogen and oxygen atoms in total. The van der Waals surface area contributed by atoms with Crippen molar-refractivity contribution in [2.75, 3.05) is 5.73 Å². The van der Waals surface area contributed by atoms with E-state index in [4.69, 9.17) is 5.73 Å². The summed E-state index contributed by atoms with van der Waals surface area (Å²) in [6.07, 6.45) is 0.710. The smallest absolute Gasteiger partial charge is 0.150 e. The summed E-state index contributed by atoms with van der Waals surface area (Å²) in [7, 11) is 0. The van der Waals surface area contributed by atoms with Crippen molar-refractivity contribution in [2.24, 2.45) is 0 Å². The van der Waals surface area contributed by atoms with E-state index < -0.39 is 0 Å². The largest absolute Gasteiger partial charge is 0.506 e. The maximum absolute atomic E-state index is 10.7. The van der Waals surface area contributed by atoms with Crippen LogP contribution >= 0.6 is 0 Å². The first-order valence-electron chi connectivity index (χ1n) is 4.19. The predicted molar refractivity (Wildman–Crippen MR) is 55.4 cm³/mol. The van der Waals surface area contributed by atoms with Gasteiger partial charge in [-0.1, -0.05) is 24.3 Å². The maximum atomic E-state index is 10.7. The molecule has 0 spiro atoms. The number of nitrogen functional groups attached to an aromatic ring is 1. The third-order valence-corrected chi connectivity index (χ3v) is 2.22. The quantitative estimate of drug-likeness (QED) is 0.407. The zero-order chi connectivity index (χ0) is 10.1. The zero-order valence-electron chi connectivity index (χ0n) is 7.40. The number of carbonyl (C=O) groups is 1. The molecule has 2 aromatic carbocycles. The number of hydrogen-bond acceptors (Lipinski definition) is 3. The lowest BCUT2D eigenvalue weighted by molar-refractivity contribution is 0.112. The number of carbonyl (C=O) groups excluding carboxylic acids is 1. The Morgan fingerprint density at radius 1 is 1.21 bits per heavy atom. The van der Waals surface area contributed by atoms with E-state index in [0.717, 1.165) is 5.39 Å². The van der Waals surface area contributed by atoms with Crippen LogP contribution in [0.1, 0.15) is 10.4 Å². The van der Waals surface area contributed by atoms with Crippen LogP contribution in [0.15, 0.2) is 30.3 Å². The first-order chi connectivity index (χ1) is 6.74. The highest BCUT2D eigenvalue weighted by molar-refractivity contribution is 6.05. The monoisotopic (exact) mass is 187 g/mol. The van der Waals surface area contributed by atoms with Gasteiger partial charge in [0.25, 0.3) is 0 Å². The third-order valence-electron chi connectivity index (χ3n) is 2.22. The average Bonchev–Trinajstić information content (AvgIpc) is 2.23. The Morgan fingerprint density at radius 3 is 2.50 bits per heavy atom. The van der Waals surface area contributed by atoms with Gasteiger partial charge in [-0.25, -0.2) is 0 Å². The second-order valence-electron chi connectivity index (χ2n) is 3.06. The third kappa shape index (κ3) is 1.10. The second-order valence-corrected chi connectivity index (χ2v) is 3.06. The molecule has 0 amide bonds. The Balaban J connectivity index is 2.96. The maximum Gasteiger partial charge on any atom is 0.150 e. The molecule has 2 rings (SSSR count). The summed E-state index contributed by atoms with van der Waals surface area (Å²) in [5.74, 6) is -0.0502. The Bertz CT molecular complexity index is 506. The summed E-state index contributed by atoms with van der Waals surface area (Å²) in [4.78, 5) is 10.7. The molecule has 0 radical (unpaired) electrons. The second kappa shape index (κ2) is 3.03. The summed E-state index contributed by atoms with van der Waals surface area (Å²) in [5.41, 5.74) is 6.44. The fourth-order valence-electron chi connectivity index (χ4n) is 1.51. The standard InChI is InChI=1S/C11H9NO2/c12-11-9-4-2-1-3-8(9)7(6-13)5-10(11)14/h1-6,14H,12H2. The van der Waals surface area contributed by atoms with Gasteiger partial charge in [-0.3, -0.25) is 4.79 Å². The van der Waals surface area contributed by atoms with E-state index >= 15 is 0 Å². The van der Waals surface area contributed by atoms with Gasteiger partial charge in [0.2, 0.25) is 0 Å². The highest BCUT2D eigenvalue weighted by atomic mass is 16.3. The number of hydrogen-bond donors (Lipinski definition) is 2. The summed E-state index contributed by atoms with van der Waals surface area (Å²) < 4.78 is 0. The van der Waals surface area contributed by atoms with Crippen LogP contribution in [0.5, 0.6) is 5.75 Å². The molecule has 0 aliphatic heterocycles. The minimum Gasteiger partial charge on any atom is -0.506 e. The molecular formula is C11H9NO2. The van der Waals surface area contributed by atoms with Crippen molar-refractivity contribution in [1.82, 2.24) is 0 Å². The number of fused-ring (bicyclic) bond motifs is 1. The molecule has 14 heavy (non-hydrogen) atoms. The molecule has 0 aliphatic rings. The molecule has 3 heteroatoms. The van der Waals surface area contributed by atoms with Gasteiger partial charge in [0.05, 0.1) is 5.69 Å². The van der Waals surface area contributed by atoms with E-state index in [1.54, 1.807) is 12.1 Å². The normalized spacial score (nSPS) is 10.3. The molecule has 0 heterocycles. The summed E-state index contributed by atoms with van der Waals surface area (Å²) in [6.45, 7) is 0. The van der Waals surface area contributed by atoms with Crippen LogP contribution in [0, 0.1) is 0 Å². The molecule has 0 atom stereocenters. The van der Waals surface area contributed by atoms with Crippen molar-refractivity contribution < 1.29 is 9.90 Å². The molecule has 0 saturated heterocycles. The van der Waals surface area contributed by atoms with Gasteiger partial charge < -0.3 is 10.8 Å². The molecule has 3 N–H and O–H groups in total. The van der Waals surface area contributed by atoms with Crippen molar-refractivity contribution in [3.8, 4) is 5.75 Å². The van der Waals surface area contributed by atoms with E-state index in [9.17, 15) is 9.90 Å². The lowest BCUT2D eigenvalue weighted by Crippen LogP contribution is -1.91. The van der Waals surface area contributed by atoms with Gasteiger partial charge in [-0.2, -0.15) is 0 Å². The van der Waals surface area contributed by atoms with E-state index in [0.29, 0.717) is 22.9 Å². The number of phenolic OH excluding ortho intramolecular Hbond substituents is 1. The molecule has 0 saturated carbocycles. The van der Waals surface area contributed by atoms with Crippen LogP contribution in [0.2, 0.25) is 0 Å². The van der Waals surface area contributed by atoms with Gasteiger partial charge in [-0.15, -0.1) is 0 Å². The fraction of sp³-hybridized carbons (Fsp3) is 0. The number of nitrogens with two attached hydrogens (primary N) is 1. The number of phenols is 1. The molecule has 0 fully saturated rings. The van der Waals surface area contributed by atoms with Gasteiger partial charge in [-0.05, 0) is 11.5 Å². The highest BCUT2D eigenvalue weighted by Gasteiger charge is 2.07. The van der Waals surface area contributed by atoms with Gasteiger partial charge in [0, 0.05) is 10.9 Å². The number of anilines is 1. The number of aromatic hydroxyl groups is 1. The first-order valence-corrected chi connectivity index (χ1v) is 4.19. The molecule has 0 bridgehead atoms. The molecule has 0 aromatic heterocycles. The molecule has 2 aromatic rings. The van der Waals surface area contributed by atoms with Crippen LogP contribution < -0.4 is 5.73 Å². The van der Waals surface area contributed by atoms with E-state index in [1.807, 2.05) is 12.1 Å². The lowest BCUT2D eigenvalue weighted by Gasteiger charge is -2.06. The van der Waals surface area contributed by atoms with E-state index in [2.05, 4.69) is 0 Å². The predicted octanol–water partition coefficient (Wildman–Crippen LogP) is 1.94. The summed E-state index contributed by atoms with van der Waals surface area (Å²) in [5, 5.41) is 10.9. The molecule has 0 unspecified atom stereocenters. The fourth-order valence-corrected chi connectivity index (χ4v) is 1.51. The molecular weight excluding hydrogens is 178 g/mol. The van der Waals surface area contributed by atoms with Crippen molar-refractivity contribution in [2.45, 2.75) is 0 Å². The summed E-state index contributed by atoms with van der Waals surface area (Å²) >= 11 is 0. The number of rotatable bonds is 1. The van der Waals surface area contributed by atoms with Crippen LogP contribution in [0.3, 0.4) is 0 Å². The Hall–Kier alpha value is -2.03. The van der Waals surface area contributed by atoms with Gasteiger partial charge in [0.15, 0.2) is 6.29 Å². The minimum atomic E-state index is -0.0502. The van der Waals surface area contributed by atoms with Crippen molar-refractivity contribution in [1.29, 1.82) is 0 Å².